The predicted octanol–water partition coefficient (Wildman–Crippen LogP) is 6.59. The van der Waals surface area contributed by atoms with Crippen molar-refractivity contribution in [3.63, 3.8) is 0 Å². The second-order valence-electron chi connectivity index (χ2n) is 11.7. The first-order valence-electron chi connectivity index (χ1n) is 15.1. The maximum absolute atomic E-state index is 13.2. The number of ether oxygens (including phenoxy) is 1. The van der Waals surface area contributed by atoms with Crippen molar-refractivity contribution in [2.75, 3.05) is 32.0 Å². The van der Waals surface area contributed by atoms with Crippen LogP contribution in [0.3, 0.4) is 0 Å². The number of fused-ring (bicyclic) bond motifs is 2. The maximum Gasteiger partial charge on any atom is 0.303 e. The van der Waals surface area contributed by atoms with E-state index in [-0.39, 0.29) is 23.7 Å². The Morgan fingerprint density at radius 1 is 1.07 bits per heavy atom. The fourth-order valence-corrected chi connectivity index (χ4v) is 6.62. The Bertz CT molecular complexity index is 1550. The molecular formula is C34H38Cl2N4O4. The number of aromatic nitrogens is 1. The molecule has 8 nitrogen and oxygen atoms in total. The summed E-state index contributed by atoms with van der Waals surface area (Å²) in [5.41, 5.74) is 6.19. The molecule has 10 heteroatoms. The predicted molar refractivity (Wildman–Crippen MR) is 172 cm³/mol. The van der Waals surface area contributed by atoms with Crippen LogP contribution >= 0.6 is 23.2 Å². The lowest BCUT2D eigenvalue weighted by atomic mass is 9.88. The van der Waals surface area contributed by atoms with E-state index in [0.29, 0.717) is 35.1 Å². The molecule has 5 rings (SSSR count). The largest absolute Gasteiger partial charge is 0.456 e. The topological polar surface area (TPSA) is 91.8 Å². The molecule has 0 spiro atoms. The highest BCUT2D eigenvalue weighted by molar-refractivity contribution is 6.42. The van der Waals surface area contributed by atoms with Crippen LogP contribution in [0.25, 0.3) is 0 Å². The summed E-state index contributed by atoms with van der Waals surface area (Å²) in [6.07, 6.45) is 3.44. The van der Waals surface area contributed by atoms with Gasteiger partial charge in [0.2, 0.25) is 5.91 Å². The third-order valence-corrected chi connectivity index (χ3v) is 9.18. The van der Waals surface area contributed by atoms with E-state index in [4.69, 9.17) is 32.9 Å². The van der Waals surface area contributed by atoms with Gasteiger partial charge in [-0.2, -0.15) is 0 Å². The molecule has 2 unspecified atom stereocenters. The molecule has 44 heavy (non-hydrogen) atoms. The van der Waals surface area contributed by atoms with Crippen molar-refractivity contribution in [3.05, 3.63) is 92.2 Å². The standard InChI is InChI=1S/C34H38Cl2N4O4/c1-21(41)37-32-26-10-7-11-31(44-22(2)42)33(26)38-30-15-17-40(20-27(30)32)16-14-25(24-12-13-28(35)29(36)18-24)19-39(3)34(43)23-8-5-4-6-9-23/h4-6,8-9,12-13,18,25,31H,7,10-11,14-17,19-20H2,1-3H3,(H,37,38,41). The lowest BCUT2D eigenvalue weighted by Gasteiger charge is -2.35. The minimum absolute atomic E-state index is 0.0183. The van der Waals surface area contributed by atoms with E-state index in [2.05, 4.69) is 10.2 Å². The number of carbonyl (C=O) groups is 3. The molecule has 2 aromatic carbocycles. The van der Waals surface area contributed by atoms with E-state index >= 15 is 0 Å². The first-order valence-corrected chi connectivity index (χ1v) is 15.8. The van der Waals surface area contributed by atoms with Crippen molar-refractivity contribution >= 4 is 46.7 Å². The molecule has 232 valence electrons. The van der Waals surface area contributed by atoms with Gasteiger partial charge in [-0.1, -0.05) is 47.5 Å². The van der Waals surface area contributed by atoms with Gasteiger partial charge in [0, 0.05) is 75.3 Å². The van der Waals surface area contributed by atoms with Crippen LogP contribution in [0.15, 0.2) is 48.5 Å². The summed E-state index contributed by atoms with van der Waals surface area (Å²) in [5, 5.41) is 4.07. The number of anilines is 1. The molecule has 1 aliphatic heterocycles. The quantitative estimate of drug-likeness (QED) is 0.266. The summed E-state index contributed by atoms with van der Waals surface area (Å²) in [4.78, 5) is 46.5. The van der Waals surface area contributed by atoms with Crippen LogP contribution < -0.4 is 5.32 Å². The zero-order valence-corrected chi connectivity index (χ0v) is 26.9. The smallest absolute Gasteiger partial charge is 0.303 e. The van der Waals surface area contributed by atoms with E-state index in [9.17, 15) is 14.4 Å². The van der Waals surface area contributed by atoms with Crippen LogP contribution in [0.1, 0.15) is 83.6 Å². The van der Waals surface area contributed by atoms with E-state index < -0.39 is 6.10 Å². The SMILES string of the molecule is CC(=O)Nc1c2c(nc3c1CCCC3OC(C)=O)CCN(CCC(CN(C)C(=O)c1ccccc1)c1ccc(Cl)c(Cl)c1)C2. The van der Waals surface area contributed by atoms with Gasteiger partial charge >= 0.3 is 5.97 Å². The average Bonchev–Trinajstić information content (AvgIpc) is 3.00. The number of nitrogens with zero attached hydrogens (tertiary/aromatic N) is 3. The molecule has 2 heterocycles. The molecule has 0 radical (unpaired) electrons. The van der Waals surface area contributed by atoms with Crippen molar-refractivity contribution < 1.29 is 19.1 Å². The highest BCUT2D eigenvalue weighted by atomic mass is 35.5. The maximum atomic E-state index is 13.2. The Hall–Kier alpha value is -3.46. The first kappa shape index (κ1) is 31.9. The van der Waals surface area contributed by atoms with Crippen molar-refractivity contribution in [1.29, 1.82) is 0 Å². The van der Waals surface area contributed by atoms with Gasteiger partial charge in [-0.3, -0.25) is 24.3 Å². The molecule has 1 aliphatic carbocycles. The van der Waals surface area contributed by atoms with Crippen LogP contribution in [-0.2, 0) is 33.7 Å². The number of hydrogen-bond acceptors (Lipinski definition) is 6. The molecule has 2 atom stereocenters. The highest BCUT2D eigenvalue weighted by Crippen LogP contribution is 2.40. The summed E-state index contributed by atoms with van der Waals surface area (Å²) in [6.45, 7) is 5.64. The molecular weight excluding hydrogens is 599 g/mol. The Morgan fingerprint density at radius 2 is 1.84 bits per heavy atom. The number of amides is 2. The number of pyridine rings is 1. The second kappa shape index (κ2) is 14.1. The van der Waals surface area contributed by atoms with Crippen LogP contribution in [0.2, 0.25) is 10.0 Å². The molecule has 0 saturated carbocycles. The number of carbonyl (C=O) groups excluding carboxylic acids is 3. The number of rotatable bonds is 9. The van der Waals surface area contributed by atoms with E-state index in [1.807, 2.05) is 49.5 Å². The molecule has 1 aromatic heterocycles. The Balaban J connectivity index is 1.37. The molecule has 2 amide bonds. The lowest BCUT2D eigenvalue weighted by Crippen LogP contribution is -2.36. The fraction of sp³-hybridized carbons (Fsp3) is 0.412. The molecule has 3 aromatic rings. The molecule has 0 bridgehead atoms. The van der Waals surface area contributed by atoms with Gasteiger partial charge < -0.3 is 15.0 Å². The second-order valence-corrected chi connectivity index (χ2v) is 12.5. The number of benzene rings is 2. The van der Waals surface area contributed by atoms with Crippen LogP contribution in [-0.4, -0.2) is 59.2 Å². The van der Waals surface area contributed by atoms with Gasteiger partial charge in [-0.05, 0) is 62.1 Å². The third kappa shape index (κ3) is 7.42. The molecule has 2 aliphatic rings. The highest BCUT2D eigenvalue weighted by Gasteiger charge is 2.32. The summed E-state index contributed by atoms with van der Waals surface area (Å²) in [7, 11) is 1.83. The summed E-state index contributed by atoms with van der Waals surface area (Å²) in [5.74, 6) is -0.490. The number of esters is 1. The molecule has 0 saturated heterocycles. The van der Waals surface area contributed by atoms with E-state index in [1.54, 1.807) is 11.0 Å². The van der Waals surface area contributed by atoms with Crippen molar-refractivity contribution in [1.82, 2.24) is 14.8 Å². The van der Waals surface area contributed by atoms with Crippen LogP contribution in [0.4, 0.5) is 5.69 Å². The average molecular weight is 638 g/mol. The van der Waals surface area contributed by atoms with Crippen LogP contribution in [0, 0.1) is 0 Å². The minimum Gasteiger partial charge on any atom is -0.456 e. The Kier molecular flexibility index (Phi) is 10.2. The summed E-state index contributed by atoms with van der Waals surface area (Å²) >= 11 is 12.7. The Morgan fingerprint density at radius 3 is 2.55 bits per heavy atom. The summed E-state index contributed by atoms with van der Waals surface area (Å²) in [6, 6.07) is 15.0. The zero-order valence-electron chi connectivity index (χ0n) is 25.4. The van der Waals surface area contributed by atoms with Crippen LogP contribution in [0.5, 0.6) is 0 Å². The molecule has 0 fully saturated rings. The van der Waals surface area contributed by atoms with E-state index in [0.717, 1.165) is 72.5 Å². The lowest BCUT2D eigenvalue weighted by molar-refractivity contribution is -0.147. The monoisotopic (exact) mass is 636 g/mol. The van der Waals surface area contributed by atoms with Crippen molar-refractivity contribution in [2.45, 2.75) is 64.5 Å². The van der Waals surface area contributed by atoms with Gasteiger partial charge in [0.1, 0.15) is 6.10 Å². The summed E-state index contributed by atoms with van der Waals surface area (Å²) < 4.78 is 5.62. The molecule has 1 N–H and O–H groups in total. The number of halogens is 2. The van der Waals surface area contributed by atoms with Gasteiger partial charge in [0.05, 0.1) is 21.4 Å². The Labute approximate surface area is 268 Å². The van der Waals surface area contributed by atoms with Gasteiger partial charge in [0.25, 0.3) is 5.91 Å². The van der Waals surface area contributed by atoms with Gasteiger partial charge in [-0.25, -0.2) is 0 Å². The fourth-order valence-electron chi connectivity index (χ4n) is 6.31. The number of likely N-dealkylation sites (N-methyl/N-ethyl adjacent to an activating group) is 1. The number of nitrogens with one attached hydrogen (secondary N) is 1. The zero-order chi connectivity index (χ0) is 31.4. The first-order chi connectivity index (χ1) is 21.1. The van der Waals surface area contributed by atoms with Crippen molar-refractivity contribution in [2.24, 2.45) is 0 Å². The third-order valence-electron chi connectivity index (χ3n) is 8.44. The number of hydrogen-bond donors (Lipinski definition) is 1. The van der Waals surface area contributed by atoms with Gasteiger partial charge in [0.15, 0.2) is 0 Å². The normalized spacial score (nSPS) is 16.8. The van der Waals surface area contributed by atoms with E-state index in [1.165, 1.54) is 13.8 Å². The minimum atomic E-state index is -0.394. The van der Waals surface area contributed by atoms with Crippen molar-refractivity contribution in [3.8, 4) is 0 Å². The van der Waals surface area contributed by atoms with Gasteiger partial charge in [-0.15, -0.1) is 0 Å².